The second kappa shape index (κ2) is 14.5. The van der Waals surface area contributed by atoms with Crippen molar-refractivity contribution in [1.82, 2.24) is 14.1 Å². The molecule has 8 aromatic carbocycles. The van der Waals surface area contributed by atoms with Crippen LogP contribution in [-0.4, -0.2) is 14.1 Å². The Morgan fingerprint density at radius 2 is 0.729 bits per heavy atom. The topological polar surface area (TPSA) is 25.6 Å². The van der Waals surface area contributed by atoms with E-state index in [1.165, 1.54) is 125 Å². The highest BCUT2D eigenvalue weighted by atomic mass is 15.0. The molecule has 0 amide bonds. The van der Waals surface area contributed by atoms with Crippen molar-refractivity contribution < 1.29 is 0 Å². The summed E-state index contributed by atoms with van der Waals surface area (Å²) in [5.74, 6) is 0. The first-order chi connectivity index (χ1) is 29.2. The number of aromatic amines is 1. The van der Waals surface area contributed by atoms with Crippen molar-refractivity contribution in [3.63, 3.8) is 0 Å². The summed E-state index contributed by atoms with van der Waals surface area (Å²) in [6.07, 6.45) is 6.90. The van der Waals surface area contributed by atoms with Crippen LogP contribution in [0.15, 0.2) is 170 Å². The number of rotatable bonds is 10. The third-order valence-electron chi connectivity index (χ3n) is 12.7. The molecule has 0 spiro atoms. The Hall–Kier alpha value is -6.84. The Balaban J connectivity index is 1.01. The second-order valence-electron chi connectivity index (χ2n) is 16.3. The Morgan fingerprint density at radius 1 is 0.356 bits per heavy atom. The highest BCUT2D eigenvalue weighted by molar-refractivity contribution is 6.14. The predicted octanol–water partition coefficient (Wildman–Crippen LogP) is 15.5. The van der Waals surface area contributed by atoms with Crippen LogP contribution in [-0.2, 0) is 12.8 Å². The molecule has 0 bridgehead atoms. The molecule has 0 aliphatic rings. The third-order valence-corrected chi connectivity index (χ3v) is 12.7. The maximum atomic E-state index is 3.72. The number of benzene rings is 8. The molecule has 1 N–H and O–H groups in total. The van der Waals surface area contributed by atoms with Crippen molar-refractivity contribution in [3.05, 3.63) is 181 Å². The fourth-order valence-electron chi connectivity index (χ4n) is 9.70. The molecule has 0 aliphatic carbocycles. The Labute approximate surface area is 345 Å². The van der Waals surface area contributed by atoms with E-state index in [9.17, 15) is 0 Å². The molecule has 0 fully saturated rings. The Bertz CT molecular complexity index is 3150. The van der Waals surface area contributed by atoms with Crippen LogP contribution in [0.2, 0.25) is 0 Å². The van der Waals surface area contributed by atoms with Gasteiger partial charge in [0.25, 0.3) is 0 Å². The van der Waals surface area contributed by atoms with Crippen LogP contribution in [0.25, 0.3) is 99.0 Å². The van der Waals surface area contributed by atoms with E-state index in [0.717, 1.165) is 23.9 Å². The van der Waals surface area contributed by atoms with Gasteiger partial charge in [-0.3, -0.25) is 0 Å². The van der Waals surface area contributed by atoms with Crippen molar-refractivity contribution in [2.75, 3.05) is 0 Å². The van der Waals surface area contributed by atoms with Crippen molar-refractivity contribution >= 4 is 65.4 Å². The van der Waals surface area contributed by atoms with Crippen LogP contribution in [0, 0.1) is 0 Å². The van der Waals surface area contributed by atoms with Crippen LogP contribution in [0.5, 0.6) is 0 Å². The summed E-state index contributed by atoms with van der Waals surface area (Å²) in [7, 11) is 0. The highest BCUT2D eigenvalue weighted by Gasteiger charge is 2.18. The number of nitrogens with zero attached hydrogens (tertiary/aromatic N) is 2. The van der Waals surface area contributed by atoms with Gasteiger partial charge in [0, 0.05) is 54.7 Å². The van der Waals surface area contributed by atoms with Crippen molar-refractivity contribution in [3.8, 4) is 33.6 Å². The number of H-pyrrole nitrogens is 1. The van der Waals surface area contributed by atoms with E-state index >= 15 is 0 Å². The van der Waals surface area contributed by atoms with Gasteiger partial charge in [0.1, 0.15) is 0 Å². The number of hydrogen-bond acceptors (Lipinski definition) is 0. The molecule has 0 saturated carbocycles. The monoisotopic (exact) mass is 761 g/mol. The number of unbranched alkanes of at least 4 members (excludes halogenated alkanes) is 2. The van der Waals surface area contributed by atoms with Crippen LogP contribution >= 0.6 is 0 Å². The molecule has 0 unspecified atom stereocenters. The predicted molar refractivity (Wildman–Crippen MR) is 253 cm³/mol. The van der Waals surface area contributed by atoms with Gasteiger partial charge in [-0.25, -0.2) is 0 Å². The smallest absolute Gasteiger partial charge is 0.0541 e. The second-order valence-corrected chi connectivity index (χ2v) is 16.3. The van der Waals surface area contributed by atoms with Gasteiger partial charge in [0.15, 0.2) is 0 Å². The number of fused-ring (bicyclic) bond motifs is 9. The molecule has 0 aliphatic heterocycles. The van der Waals surface area contributed by atoms with E-state index < -0.39 is 0 Å². The van der Waals surface area contributed by atoms with Crippen molar-refractivity contribution in [2.24, 2.45) is 0 Å². The molecule has 3 aromatic heterocycles. The van der Waals surface area contributed by atoms with Crippen LogP contribution in [0.4, 0.5) is 0 Å². The number of hydrogen-bond donors (Lipinski definition) is 1. The van der Waals surface area contributed by atoms with Gasteiger partial charge in [-0.1, -0.05) is 124 Å². The lowest BCUT2D eigenvalue weighted by atomic mass is 9.98. The lowest BCUT2D eigenvalue weighted by Gasteiger charge is -2.13. The summed E-state index contributed by atoms with van der Waals surface area (Å²) in [6.45, 7) is 4.54. The third kappa shape index (κ3) is 5.87. The SMILES string of the molecule is CCCCc1ccccc1-n1c2ccccc2c2cc(-c3ccc4[nH]c5ccc(-c6ccc7c(c6)c6ccccc6n7-c6ccccc6CCCC)cc5c4c3)ccc21. The van der Waals surface area contributed by atoms with Crippen LogP contribution in [0.3, 0.4) is 0 Å². The van der Waals surface area contributed by atoms with Crippen molar-refractivity contribution in [2.45, 2.75) is 52.4 Å². The summed E-state index contributed by atoms with van der Waals surface area (Å²) < 4.78 is 4.96. The summed E-state index contributed by atoms with van der Waals surface area (Å²) in [4.78, 5) is 3.72. The minimum Gasteiger partial charge on any atom is -0.355 e. The van der Waals surface area contributed by atoms with Gasteiger partial charge in [0.05, 0.1) is 22.1 Å². The zero-order valence-corrected chi connectivity index (χ0v) is 33.8. The molecular weight excluding hydrogens is 715 g/mol. The number of para-hydroxylation sites is 4. The Morgan fingerprint density at radius 3 is 1.19 bits per heavy atom. The molecule has 11 aromatic rings. The molecule has 3 nitrogen and oxygen atoms in total. The average Bonchev–Trinajstić information content (AvgIpc) is 3.94. The molecule has 0 radical (unpaired) electrons. The van der Waals surface area contributed by atoms with Crippen LogP contribution in [0.1, 0.15) is 50.7 Å². The van der Waals surface area contributed by atoms with Gasteiger partial charge in [-0.15, -0.1) is 0 Å². The summed E-state index contributed by atoms with van der Waals surface area (Å²) in [5.41, 5.74) is 17.6. The Kier molecular flexibility index (Phi) is 8.69. The molecule has 3 heterocycles. The summed E-state index contributed by atoms with van der Waals surface area (Å²) >= 11 is 0. The van der Waals surface area contributed by atoms with E-state index in [1.54, 1.807) is 0 Å². The van der Waals surface area contributed by atoms with E-state index in [2.05, 4.69) is 198 Å². The van der Waals surface area contributed by atoms with Crippen molar-refractivity contribution in [1.29, 1.82) is 0 Å². The first-order valence-corrected chi connectivity index (χ1v) is 21.5. The fourth-order valence-corrected chi connectivity index (χ4v) is 9.70. The largest absolute Gasteiger partial charge is 0.355 e. The number of nitrogens with one attached hydrogen (secondary N) is 1. The molecule has 0 saturated heterocycles. The van der Waals surface area contributed by atoms with Gasteiger partial charge in [0.2, 0.25) is 0 Å². The minimum atomic E-state index is 1.08. The first kappa shape index (κ1) is 35.3. The van der Waals surface area contributed by atoms with E-state index in [-0.39, 0.29) is 0 Å². The van der Waals surface area contributed by atoms with Crippen LogP contribution < -0.4 is 0 Å². The first-order valence-electron chi connectivity index (χ1n) is 21.5. The molecule has 0 atom stereocenters. The highest BCUT2D eigenvalue weighted by Crippen LogP contribution is 2.40. The summed E-state index contributed by atoms with van der Waals surface area (Å²) in [5, 5.41) is 7.62. The molecular formula is C56H47N3. The lowest BCUT2D eigenvalue weighted by molar-refractivity contribution is 0.791. The van der Waals surface area contributed by atoms with E-state index in [0.29, 0.717) is 0 Å². The quantitative estimate of drug-likeness (QED) is 0.144. The van der Waals surface area contributed by atoms with Gasteiger partial charge >= 0.3 is 0 Å². The average molecular weight is 762 g/mol. The molecule has 59 heavy (non-hydrogen) atoms. The zero-order valence-electron chi connectivity index (χ0n) is 33.8. The van der Waals surface area contributed by atoms with E-state index in [1.807, 2.05) is 0 Å². The molecule has 286 valence electrons. The van der Waals surface area contributed by atoms with Gasteiger partial charge < -0.3 is 14.1 Å². The molecule has 11 rings (SSSR count). The van der Waals surface area contributed by atoms with Gasteiger partial charge in [-0.05, 0) is 132 Å². The maximum absolute atomic E-state index is 3.72. The lowest BCUT2D eigenvalue weighted by Crippen LogP contribution is -1.99. The molecule has 3 heteroatoms. The van der Waals surface area contributed by atoms with Gasteiger partial charge in [-0.2, -0.15) is 0 Å². The normalized spacial score (nSPS) is 12.0. The number of aryl methyl sites for hydroxylation is 2. The number of aromatic nitrogens is 3. The summed E-state index contributed by atoms with van der Waals surface area (Å²) in [6, 6.07) is 63.5. The fraction of sp³-hybridized carbons (Fsp3) is 0.143. The maximum Gasteiger partial charge on any atom is 0.0541 e. The zero-order chi connectivity index (χ0) is 39.5. The minimum absolute atomic E-state index is 1.08. The standard InChI is InChI=1S/C56H47N3/c1-3-5-15-37-17-7-11-21-51(37)58-53-23-13-9-19-43(53)47-35-41(27-31-55(47)58)39-25-29-49-45(33-39)46-34-40(26-30-50(46)57-49)42-28-32-56-48(36-42)44-20-10-14-24-54(44)59(56)52-22-12-8-18-38(52)16-6-4-2/h7-14,17-36,57H,3-6,15-16H2,1-2H3. The van der Waals surface area contributed by atoms with E-state index in [4.69, 9.17) is 0 Å².